The van der Waals surface area contributed by atoms with Crippen molar-refractivity contribution in [2.75, 3.05) is 13.1 Å². The number of piperidine rings is 1. The summed E-state index contributed by atoms with van der Waals surface area (Å²) in [7, 11) is 0. The van der Waals surface area contributed by atoms with E-state index in [1.54, 1.807) is 12.8 Å². The van der Waals surface area contributed by atoms with E-state index in [1.165, 1.54) is 45.2 Å². The van der Waals surface area contributed by atoms with Crippen molar-refractivity contribution in [1.29, 1.82) is 0 Å². The van der Waals surface area contributed by atoms with Crippen LogP contribution in [0.3, 0.4) is 0 Å². The Kier molecular flexibility index (Phi) is 3.23. The van der Waals surface area contributed by atoms with Crippen LogP contribution in [0, 0.1) is 29.1 Å². The van der Waals surface area contributed by atoms with Crippen LogP contribution in [0.1, 0.15) is 58.8 Å². The summed E-state index contributed by atoms with van der Waals surface area (Å²) < 4.78 is 0. The van der Waals surface area contributed by atoms with E-state index < -0.39 is 0 Å². The molecule has 1 spiro atoms. The number of hydrogen-bond donors (Lipinski definition) is 1. The van der Waals surface area contributed by atoms with Gasteiger partial charge in [0.1, 0.15) is 0 Å². The largest absolute Gasteiger partial charge is 0.316 e. The van der Waals surface area contributed by atoms with Crippen LogP contribution in [0.25, 0.3) is 0 Å². The minimum absolute atomic E-state index is 0.773. The highest BCUT2D eigenvalue weighted by Gasteiger charge is 2.52. The third-order valence-corrected chi connectivity index (χ3v) is 6.20. The van der Waals surface area contributed by atoms with Gasteiger partial charge in [-0.05, 0) is 61.4 Å². The predicted octanol–water partition coefficient (Wildman–Crippen LogP) is 3.84. The molecule has 1 atom stereocenters. The van der Waals surface area contributed by atoms with E-state index in [0.717, 1.165) is 29.1 Å². The van der Waals surface area contributed by atoms with Crippen LogP contribution in [0.15, 0.2) is 0 Å². The van der Waals surface area contributed by atoms with Crippen LogP contribution < -0.4 is 5.32 Å². The maximum absolute atomic E-state index is 3.68. The Hall–Kier alpha value is -0.0400. The minimum atomic E-state index is 0.773. The molecule has 0 aromatic heterocycles. The summed E-state index contributed by atoms with van der Waals surface area (Å²) in [5.41, 5.74) is 0.773. The van der Waals surface area contributed by atoms with Crippen LogP contribution in [0.4, 0.5) is 0 Å². The molecule has 1 nitrogen and oxygen atoms in total. The second kappa shape index (κ2) is 4.57. The van der Waals surface area contributed by atoms with Crippen molar-refractivity contribution >= 4 is 0 Å². The van der Waals surface area contributed by atoms with Gasteiger partial charge in [0, 0.05) is 0 Å². The van der Waals surface area contributed by atoms with Crippen LogP contribution in [0.5, 0.6) is 0 Å². The van der Waals surface area contributed by atoms with Gasteiger partial charge in [-0.2, -0.15) is 0 Å². The molecule has 1 saturated heterocycles. The molecule has 17 heavy (non-hydrogen) atoms. The second-order valence-electron chi connectivity index (χ2n) is 7.38. The van der Waals surface area contributed by atoms with Crippen molar-refractivity contribution in [3.05, 3.63) is 0 Å². The van der Waals surface area contributed by atoms with E-state index in [1.807, 2.05) is 0 Å². The maximum atomic E-state index is 3.68. The third-order valence-electron chi connectivity index (χ3n) is 6.20. The number of nitrogens with one attached hydrogen (secondary N) is 1. The fourth-order valence-electron chi connectivity index (χ4n) is 4.99. The van der Waals surface area contributed by atoms with Gasteiger partial charge in [-0.3, -0.25) is 0 Å². The predicted molar refractivity (Wildman–Crippen MR) is 72.9 cm³/mol. The van der Waals surface area contributed by atoms with Gasteiger partial charge in [-0.25, -0.2) is 0 Å². The molecule has 0 amide bonds. The zero-order valence-corrected chi connectivity index (χ0v) is 11.7. The first-order chi connectivity index (χ1) is 8.21. The SMILES string of the molecule is CC(C)C1CC2(CCNCC2C2CCCC2)C1. The van der Waals surface area contributed by atoms with E-state index >= 15 is 0 Å². The molecule has 2 saturated carbocycles. The molecule has 1 heterocycles. The monoisotopic (exact) mass is 235 g/mol. The Bertz CT molecular complexity index is 259. The van der Waals surface area contributed by atoms with Gasteiger partial charge in [-0.15, -0.1) is 0 Å². The highest BCUT2D eigenvalue weighted by Crippen LogP contribution is 2.59. The van der Waals surface area contributed by atoms with E-state index in [-0.39, 0.29) is 0 Å². The lowest BCUT2D eigenvalue weighted by molar-refractivity contribution is -0.0717. The topological polar surface area (TPSA) is 12.0 Å². The van der Waals surface area contributed by atoms with Gasteiger partial charge < -0.3 is 5.32 Å². The third kappa shape index (κ3) is 2.05. The summed E-state index contributed by atoms with van der Waals surface area (Å²) in [6, 6.07) is 0. The zero-order valence-electron chi connectivity index (χ0n) is 11.7. The van der Waals surface area contributed by atoms with Gasteiger partial charge in [0.15, 0.2) is 0 Å². The Morgan fingerprint density at radius 1 is 1.12 bits per heavy atom. The Labute approximate surface area is 107 Å². The van der Waals surface area contributed by atoms with Crippen molar-refractivity contribution < 1.29 is 0 Å². The Morgan fingerprint density at radius 2 is 1.82 bits per heavy atom. The summed E-state index contributed by atoms with van der Waals surface area (Å²) in [5.74, 6) is 4.04. The summed E-state index contributed by atoms with van der Waals surface area (Å²) in [6.45, 7) is 7.45. The molecule has 3 aliphatic rings. The molecular formula is C16H29N. The summed E-state index contributed by atoms with van der Waals surface area (Å²) in [5, 5.41) is 3.68. The van der Waals surface area contributed by atoms with Crippen LogP contribution in [-0.4, -0.2) is 13.1 Å². The molecule has 3 fully saturated rings. The summed E-state index contributed by atoms with van der Waals surface area (Å²) in [4.78, 5) is 0. The highest BCUT2D eigenvalue weighted by atomic mass is 14.9. The fourth-order valence-corrected chi connectivity index (χ4v) is 4.99. The Morgan fingerprint density at radius 3 is 2.47 bits per heavy atom. The average molecular weight is 235 g/mol. The normalized spacial score (nSPS) is 43.2. The molecule has 1 unspecified atom stereocenters. The van der Waals surface area contributed by atoms with Gasteiger partial charge in [0.2, 0.25) is 0 Å². The lowest BCUT2D eigenvalue weighted by Crippen LogP contribution is -2.55. The smallest absolute Gasteiger partial charge is 0.00125 e. The molecule has 3 rings (SSSR count). The van der Waals surface area contributed by atoms with Gasteiger partial charge >= 0.3 is 0 Å². The molecule has 1 heteroatoms. The first kappa shape index (κ1) is 12.0. The van der Waals surface area contributed by atoms with Gasteiger partial charge in [0.25, 0.3) is 0 Å². The number of rotatable bonds is 2. The minimum Gasteiger partial charge on any atom is -0.316 e. The van der Waals surface area contributed by atoms with Crippen LogP contribution in [0.2, 0.25) is 0 Å². The lowest BCUT2D eigenvalue weighted by Gasteiger charge is -2.58. The van der Waals surface area contributed by atoms with Crippen molar-refractivity contribution in [2.24, 2.45) is 29.1 Å². The van der Waals surface area contributed by atoms with Crippen molar-refractivity contribution in [3.63, 3.8) is 0 Å². The first-order valence-corrected chi connectivity index (χ1v) is 7.92. The maximum Gasteiger partial charge on any atom is -0.00125 e. The molecule has 98 valence electrons. The first-order valence-electron chi connectivity index (χ1n) is 7.92. The van der Waals surface area contributed by atoms with Crippen molar-refractivity contribution in [1.82, 2.24) is 5.32 Å². The summed E-state index contributed by atoms with van der Waals surface area (Å²) in [6.07, 6.45) is 10.6. The van der Waals surface area contributed by atoms with Gasteiger partial charge in [0.05, 0.1) is 0 Å². The van der Waals surface area contributed by atoms with E-state index in [4.69, 9.17) is 0 Å². The zero-order chi connectivity index (χ0) is 11.9. The average Bonchev–Trinajstić information content (AvgIpc) is 2.78. The molecule has 1 aliphatic heterocycles. The molecular weight excluding hydrogens is 206 g/mol. The van der Waals surface area contributed by atoms with Crippen molar-refractivity contribution in [3.8, 4) is 0 Å². The quantitative estimate of drug-likeness (QED) is 0.767. The summed E-state index contributed by atoms with van der Waals surface area (Å²) >= 11 is 0. The second-order valence-corrected chi connectivity index (χ2v) is 7.38. The molecule has 0 bridgehead atoms. The standard InChI is InChI=1S/C16H29N/c1-12(2)14-9-16(10-14)7-8-17-11-15(16)13-5-3-4-6-13/h12-15,17H,3-11H2,1-2H3. The highest BCUT2D eigenvalue weighted by molar-refractivity contribution is 5.04. The lowest BCUT2D eigenvalue weighted by atomic mass is 9.49. The fraction of sp³-hybridized carbons (Fsp3) is 1.00. The van der Waals surface area contributed by atoms with E-state index in [9.17, 15) is 0 Å². The molecule has 0 radical (unpaired) electrons. The molecule has 1 N–H and O–H groups in total. The van der Waals surface area contributed by atoms with E-state index in [2.05, 4.69) is 19.2 Å². The molecule has 0 aromatic rings. The Balaban J connectivity index is 1.68. The van der Waals surface area contributed by atoms with Crippen molar-refractivity contribution in [2.45, 2.75) is 58.8 Å². The molecule has 0 aromatic carbocycles. The molecule has 2 aliphatic carbocycles. The van der Waals surface area contributed by atoms with Crippen LogP contribution >= 0.6 is 0 Å². The van der Waals surface area contributed by atoms with Gasteiger partial charge in [-0.1, -0.05) is 39.5 Å². The van der Waals surface area contributed by atoms with E-state index in [0.29, 0.717) is 0 Å². The number of hydrogen-bond acceptors (Lipinski definition) is 1. The van der Waals surface area contributed by atoms with Crippen LogP contribution in [-0.2, 0) is 0 Å².